The average Bonchev–Trinajstić information content (AvgIpc) is 2.72. The number of carbonyl (C=O) groups is 2. The molecule has 1 aliphatic carbocycles. The molecule has 1 aromatic rings. The van der Waals surface area contributed by atoms with Crippen LogP contribution in [0.1, 0.15) is 62.9 Å². The van der Waals surface area contributed by atoms with E-state index in [9.17, 15) is 19.8 Å². The van der Waals surface area contributed by atoms with Gasteiger partial charge in [0.25, 0.3) is 5.91 Å². The van der Waals surface area contributed by atoms with Gasteiger partial charge in [0.15, 0.2) is 0 Å². The summed E-state index contributed by atoms with van der Waals surface area (Å²) in [5, 5.41) is 19.7. The van der Waals surface area contributed by atoms with Crippen molar-refractivity contribution in [3.8, 4) is 17.7 Å². The van der Waals surface area contributed by atoms with Gasteiger partial charge in [0.1, 0.15) is 17.3 Å². The molecule has 33 heavy (non-hydrogen) atoms. The number of likely N-dealkylation sites (N-methyl/N-ethyl adjacent to an activating group) is 1. The van der Waals surface area contributed by atoms with Gasteiger partial charge in [0.05, 0.1) is 19.2 Å². The summed E-state index contributed by atoms with van der Waals surface area (Å²) in [5.74, 6) is 5.59. The number of fused-ring (bicyclic) bond motifs is 1. The molecule has 8 heteroatoms. The summed E-state index contributed by atoms with van der Waals surface area (Å²) in [5.41, 5.74) is -0.449. The summed E-state index contributed by atoms with van der Waals surface area (Å²) in [6.07, 6.45) is 4.09. The number of pyridine rings is 1. The smallest absolute Gasteiger partial charge is 0.259 e. The Morgan fingerprint density at radius 2 is 2.12 bits per heavy atom. The molecule has 1 fully saturated rings. The van der Waals surface area contributed by atoms with Crippen molar-refractivity contribution in [2.24, 2.45) is 11.8 Å². The Morgan fingerprint density at radius 3 is 2.70 bits per heavy atom. The van der Waals surface area contributed by atoms with Gasteiger partial charge in [0, 0.05) is 37.2 Å². The van der Waals surface area contributed by atoms with Crippen LogP contribution in [0.5, 0.6) is 5.88 Å². The highest BCUT2D eigenvalue weighted by Gasteiger charge is 2.36. The van der Waals surface area contributed by atoms with E-state index in [2.05, 4.69) is 16.8 Å². The van der Waals surface area contributed by atoms with Crippen LogP contribution >= 0.6 is 0 Å². The second-order valence-electron chi connectivity index (χ2n) is 9.86. The Balaban J connectivity index is 1.94. The number of hydrogen-bond donors (Lipinski definition) is 2. The van der Waals surface area contributed by atoms with Crippen LogP contribution in [0.3, 0.4) is 0 Å². The van der Waals surface area contributed by atoms with Crippen LogP contribution in [0.15, 0.2) is 12.3 Å². The zero-order valence-corrected chi connectivity index (χ0v) is 20.2. The molecule has 0 saturated heterocycles. The molecule has 2 N–H and O–H groups in total. The third-order valence-corrected chi connectivity index (χ3v) is 6.32. The second kappa shape index (κ2) is 10.1. The van der Waals surface area contributed by atoms with Crippen LogP contribution in [0, 0.1) is 23.7 Å². The van der Waals surface area contributed by atoms with Gasteiger partial charge < -0.3 is 24.7 Å². The molecule has 0 radical (unpaired) electrons. The van der Waals surface area contributed by atoms with Crippen LogP contribution < -0.4 is 4.74 Å². The number of ether oxygens (including phenoxy) is 1. The first kappa shape index (κ1) is 25.0. The van der Waals surface area contributed by atoms with Crippen molar-refractivity contribution in [3.05, 3.63) is 23.4 Å². The number of rotatable bonds is 5. The van der Waals surface area contributed by atoms with Crippen molar-refractivity contribution >= 4 is 11.8 Å². The summed E-state index contributed by atoms with van der Waals surface area (Å²) >= 11 is 0. The van der Waals surface area contributed by atoms with Crippen molar-refractivity contribution in [3.63, 3.8) is 0 Å². The largest absolute Gasteiger partial charge is 0.472 e. The predicted molar refractivity (Wildman–Crippen MR) is 124 cm³/mol. The first-order valence-electron chi connectivity index (χ1n) is 11.6. The van der Waals surface area contributed by atoms with Gasteiger partial charge in [-0.25, -0.2) is 4.98 Å². The van der Waals surface area contributed by atoms with Crippen molar-refractivity contribution in [2.75, 3.05) is 26.7 Å². The highest BCUT2D eigenvalue weighted by atomic mass is 16.5. The number of amides is 2. The van der Waals surface area contributed by atoms with Crippen molar-refractivity contribution in [1.29, 1.82) is 0 Å². The quantitative estimate of drug-likeness (QED) is 0.652. The van der Waals surface area contributed by atoms with Gasteiger partial charge in [-0.2, -0.15) is 0 Å². The fourth-order valence-corrected chi connectivity index (χ4v) is 3.94. The van der Waals surface area contributed by atoms with Gasteiger partial charge in [-0.05, 0) is 39.7 Å². The van der Waals surface area contributed by atoms with Crippen LogP contribution in [-0.2, 0) is 4.79 Å². The molecule has 0 unspecified atom stereocenters. The van der Waals surface area contributed by atoms with Gasteiger partial charge in [0.2, 0.25) is 11.8 Å². The summed E-state index contributed by atoms with van der Waals surface area (Å²) < 4.78 is 6.22. The molecule has 2 aliphatic rings. The lowest BCUT2D eigenvalue weighted by Crippen LogP contribution is -2.51. The fourth-order valence-electron chi connectivity index (χ4n) is 3.94. The number of carbonyl (C=O) groups excluding carboxylic acids is 2. The van der Waals surface area contributed by atoms with E-state index < -0.39 is 11.6 Å². The Bertz CT molecular complexity index is 942. The SMILES string of the molecule is C[C@@H]1CN([C@H](C)CO)C(=O)c2cc(C#CC(C)(C)O)cnc2O[C@@H]1CN(C)C(=O)C1CCC1. The third kappa shape index (κ3) is 6.04. The Kier molecular flexibility index (Phi) is 7.65. The van der Waals surface area contributed by atoms with Crippen molar-refractivity contribution in [2.45, 2.75) is 64.7 Å². The molecule has 2 amide bonds. The normalized spacial score (nSPS) is 22.0. The summed E-state index contributed by atoms with van der Waals surface area (Å²) in [6, 6.07) is 1.21. The zero-order chi connectivity index (χ0) is 24.3. The topological polar surface area (TPSA) is 103 Å². The molecule has 2 heterocycles. The van der Waals surface area contributed by atoms with Crippen molar-refractivity contribution < 1.29 is 24.5 Å². The summed E-state index contributed by atoms with van der Waals surface area (Å²) in [7, 11) is 1.79. The van der Waals surface area contributed by atoms with E-state index >= 15 is 0 Å². The number of aliphatic hydroxyl groups is 2. The summed E-state index contributed by atoms with van der Waals surface area (Å²) in [4.78, 5) is 33.8. The van der Waals surface area contributed by atoms with Crippen LogP contribution in [0.4, 0.5) is 0 Å². The first-order valence-corrected chi connectivity index (χ1v) is 11.6. The van der Waals surface area contributed by atoms with Crippen LogP contribution in [-0.4, -0.2) is 81.3 Å². The minimum atomic E-state index is -1.18. The molecule has 0 aromatic carbocycles. The molecule has 1 aliphatic heterocycles. The molecule has 3 atom stereocenters. The van der Waals surface area contributed by atoms with E-state index in [0.717, 1.165) is 19.3 Å². The van der Waals surface area contributed by atoms with E-state index in [1.54, 1.807) is 43.7 Å². The Hall–Kier alpha value is -2.63. The van der Waals surface area contributed by atoms with Gasteiger partial charge in [-0.1, -0.05) is 25.2 Å². The molecule has 1 aromatic heterocycles. The molecule has 0 bridgehead atoms. The minimum absolute atomic E-state index is 0.0914. The van der Waals surface area contributed by atoms with Gasteiger partial charge in [-0.3, -0.25) is 9.59 Å². The molecule has 3 rings (SSSR count). The number of nitrogens with zero attached hydrogens (tertiary/aromatic N) is 3. The zero-order valence-electron chi connectivity index (χ0n) is 20.2. The molecule has 180 valence electrons. The summed E-state index contributed by atoms with van der Waals surface area (Å²) in [6.45, 7) is 7.50. The van der Waals surface area contributed by atoms with E-state index in [1.165, 1.54) is 6.20 Å². The predicted octanol–water partition coefficient (Wildman–Crippen LogP) is 1.68. The maximum Gasteiger partial charge on any atom is 0.259 e. The maximum atomic E-state index is 13.4. The fraction of sp³-hybridized carbons (Fsp3) is 0.640. The van der Waals surface area contributed by atoms with E-state index in [1.807, 2.05) is 6.92 Å². The lowest BCUT2D eigenvalue weighted by molar-refractivity contribution is -0.138. The Morgan fingerprint density at radius 1 is 1.42 bits per heavy atom. The molecular weight excluding hydrogens is 422 g/mol. The molecule has 0 spiro atoms. The Labute approximate surface area is 195 Å². The van der Waals surface area contributed by atoms with E-state index in [4.69, 9.17) is 4.74 Å². The molecular formula is C25H35N3O5. The van der Waals surface area contributed by atoms with Gasteiger partial charge >= 0.3 is 0 Å². The van der Waals surface area contributed by atoms with E-state index in [-0.39, 0.29) is 47.8 Å². The number of aliphatic hydroxyl groups excluding tert-OH is 1. The van der Waals surface area contributed by atoms with Crippen LogP contribution in [0.25, 0.3) is 0 Å². The first-order chi connectivity index (χ1) is 15.5. The number of aromatic nitrogens is 1. The number of hydrogen-bond acceptors (Lipinski definition) is 6. The molecule has 8 nitrogen and oxygen atoms in total. The minimum Gasteiger partial charge on any atom is -0.472 e. The van der Waals surface area contributed by atoms with Crippen LogP contribution in [0.2, 0.25) is 0 Å². The lowest BCUT2D eigenvalue weighted by Gasteiger charge is -2.38. The van der Waals surface area contributed by atoms with Gasteiger partial charge in [-0.15, -0.1) is 0 Å². The average molecular weight is 458 g/mol. The van der Waals surface area contributed by atoms with E-state index in [0.29, 0.717) is 18.7 Å². The highest BCUT2D eigenvalue weighted by molar-refractivity contribution is 5.97. The molecule has 1 saturated carbocycles. The highest BCUT2D eigenvalue weighted by Crippen LogP contribution is 2.30. The lowest BCUT2D eigenvalue weighted by atomic mass is 9.84. The standard InChI is InChI=1S/C25H35N3O5/c1-16-13-28(17(2)15-29)24(31)20-11-18(9-10-25(3,4)32)12-26-22(20)33-21(16)14-27(5)23(30)19-7-6-8-19/h11-12,16-17,19,21,29,32H,6-8,13-15H2,1-5H3/t16-,17-,21-/m1/s1. The third-order valence-electron chi connectivity index (χ3n) is 6.32. The van der Waals surface area contributed by atoms with Crippen molar-refractivity contribution in [1.82, 2.24) is 14.8 Å². The monoisotopic (exact) mass is 457 g/mol. The maximum absolute atomic E-state index is 13.4. The second-order valence-corrected chi connectivity index (χ2v) is 9.86.